The Morgan fingerprint density at radius 2 is 1.77 bits per heavy atom. The minimum Gasteiger partial charge on any atom is -0.478 e. The van der Waals surface area contributed by atoms with Gasteiger partial charge >= 0.3 is 25.4 Å². The van der Waals surface area contributed by atoms with E-state index in [1.807, 2.05) is 0 Å². The van der Waals surface area contributed by atoms with Crippen LogP contribution in [0.15, 0.2) is 24.3 Å². The number of nitro groups is 1. The Labute approximate surface area is 86.3 Å². The van der Waals surface area contributed by atoms with Crippen molar-refractivity contribution in [1.29, 1.82) is 0 Å². The van der Waals surface area contributed by atoms with Gasteiger partial charge < -0.3 is 5.11 Å². The first-order valence-corrected chi connectivity index (χ1v) is 3.09. The third-order valence-corrected chi connectivity index (χ3v) is 1.33. The van der Waals surface area contributed by atoms with Crippen molar-refractivity contribution >= 4 is 11.7 Å². The smallest absolute Gasteiger partial charge is 0.478 e. The number of aromatic carboxylic acids is 1. The molecule has 0 saturated heterocycles. The van der Waals surface area contributed by atoms with Gasteiger partial charge in [-0.2, -0.15) is 0 Å². The van der Waals surface area contributed by atoms with E-state index in [4.69, 9.17) is 5.11 Å². The number of carboxylic acid groups (broad SMARTS) is 1. The summed E-state index contributed by atoms with van der Waals surface area (Å²) in [4.78, 5) is 19.9. The van der Waals surface area contributed by atoms with Gasteiger partial charge in [0.1, 0.15) is 0 Å². The third kappa shape index (κ3) is 2.91. The van der Waals surface area contributed by atoms with Crippen molar-refractivity contribution in [3.63, 3.8) is 0 Å². The summed E-state index contributed by atoms with van der Waals surface area (Å²) < 4.78 is 0. The first-order chi connectivity index (χ1) is 5.61. The van der Waals surface area contributed by atoms with Gasteiger partial charge in [-0.05, 0) is 12.1 Å². The van der Waals surface area contributed by atoms with Crippen LogP contribution in [-0.4, -0.2) is 16.0 Å². The Morgan fingerprint density at radius 1 is 1.31 bits per heavy atom. The van der Waals surface area contributed by atoms with E-state index >= 15 is 0 Å². The molecule has 0 spiro atoms. The average Bonchev–Trinajstić information content (AvgIpc) is 2.04. The molecule has 1 aromatic carbocycles. The molecule has 0 fully saturated rings. The van der Waals surface area contributed by atoms with Crippen LogP contribution < -0.4 is 0 Å². The van der Waals surface area contributed by atoms with E-state index in [1.165, 1.54) is 12.1 Å². The Hall–Kier alpha value is -1.29. The molecule has 0 heterocycles. The molecule has 0 atom stereocenters. The van der Waals surface area contributed by atoms with E-state index in [0.29, 0.717) is 0 Å². The monoisotopic (exact) mass is 231 g/mol. The first kappa shape index (κ1) is 11.7. The maximum Gasteiger partial charge on any atom is 2.00 e. The van der Waals surface area contributed by atoms with E-state index < -0.39 is 10.9 Å². The summed E-state index contributed by atoms with van der Waals surface area (Å²) in [6.07, 6.45) is 0. The fourth-order valence-corrected chi connectivity index (χ4v) is 0.726. The summed E-state index contributed by atoms with van der Waals surface area (Å²) in [5, 5.41) is 18.6. The fraction of sp³-hybridized carbons (Fsp3) is 0. The van der Waals surface area contributed by atoms with Crippen LogP contribution in [0.1, 0.15) is 10.4 Å². The molecule has 13 heavy (non-hydrogen) atoms. The van der Waals surface area contributed by atoms with Crippen LogP contribution in [0.4, 0.5) is 5.69 Å². The predicted molar refractivity (Wildman–Crippen MR) is 40.1 cm³/mol. The minimum absolute atomic E-state index is 0. The summed E-state index contributed by atoms with van der Waals surface area (Å²) in [6.45, 7) is 0. The number of non-ortho nitro benzene ring substituents is 1. The van der Waals surface area contributed by atoms with Crippen LogP contribution in [0.3, 0.4) is 0 Å². The molecule has 0 unspecified atom stereocenters. The van der Waals surface area contributed by atoms with E-state index in [-0.39, 0.29) is 30.7 Å². The molecule has 0 aliphatic carbocycles. The number of benzene rings is 1. The molecule has 0 radical (unpaired) electrons. The molecule has 0 bridgehead atoms. The molecule has 0 aromatic heterocycles. The Balaban J connectivity index is 0.00000144. The fourth-order valence-electron chi connectivity index (χ4n) is 0.726. The van der Waals surface area contributed by atoms with Crippen LogP contribution in [0.2, 0.25) is 0 Å². The van der Waals surface area contributed by atoms with Gasteiger partial charge in [0, 0.05) is 12.1 Å². The second kappa shape index (κ2) is 4.67. The normalized spacial score (nSPS) is 8.62. The molecule has 0 amide bonds. The SMILES string of the molecule is O=C(O)c1ccc([N+](=O)[O-])cc1.[Zn+2]. The average molecular weight is 233 g/mol. The number of nitrogens with zero attached hydrogens (tertiary/aromatic N) is 1. The molecule has 62 valence electrons. The number of carboxylic acids is 1. The summed E-state index contributed by atoms with van der Waals surface area (Å²) >= 11 is 0. The molecule has 6 heteroatoms. The molecular weight excluding hydrogens is 227 g/mol. The number of hydrogen-bond donors (Lipinski definition) is 1. The third-order valence-electron chi connectivity index (χ3n) is 1.33. The Morgan fingerprint density at radius 3 is 2.08 bits per heavy atom. The van der Waals surface area contributed by atoms with Crippen LogP contribution in [0.25, 0.3) is 0 Å². The second-order valence-corrected chi connectivity index (χ2v) is 2.11. The van der Waals surface area contributed by atoms with Crippen molar-refractivity contribution in [2.24, 2.45) is 0 Å². The van der Waals surface area contributed by atoms with Crippen LogP contribution in [0, 0.1) is 10.1 Å². The number of hydrogen-bond acceptors (Lipinski definition) is 3. The maximum atomic E-state index is 10.3. The molecule has 1 rings (SSSR count). The number of rotatable bonds is 2. The first-order valence-electron chi connectivity index (χ1n) is 3.09. The quantitative estimate of drug-likeness (QED) is 0.473. The molecule has 0 aliphatic heterocycles. The van der Waals surface area contributed by atoms with Crippen molar-refractivity contribution in [3.05, 3.63) is 39.9 Å². The van der Waals surface area contributed by atoms with Crippen molar-refractivity contribution in [2.45, 2.75) is 0 Å². The molecule has 5 nitrogen and oxygen atoms in total. The van der Waals surface area contributed by atoms with E-state index in [0.717, 1.165) is 12.1 Å². The summed E-state index contributed by atoms with van der Waals surface area (Å²) in [5.74, 6) is -1.09. The van der Waals surface area contributed by atoms with Crippen molar-refractivity contribution in [2.75, 3.05) is 0 Å². The van der Waals surface area contributed by atoms with Gasteiger partial charge in [-0.1, -0.05) is 0 Å². The van der Waals surface area contributed by atoms with Gasteiger partial charge in [-0.3, -0.25) is 10.1 Å². The standard InChI is InChI=1S/C7H5NO4.Zn/c9-7(10)5-1-3-6(4-2-5)8(11)12;/h1-4H,(H,9,10);/q;+2. The largest absolute Gasteiger partial charge is 2.00 e. The topological polar surface area (TPSA) is 80.4 Å². The van der Waals surface area contributed by atoms with E-state index in [9.17, 15) is 14.9 Å². The van der Waals surface area contributed by atoms with E-state index in [2.05, 4.69) is 0 Å². The zero-order chi connectivity index (χ0) is 9.14. The van der Waals surface area contributed by atoms with Gasteiger partial charge in [-0.25, -0.2) is 4.79 Å². The van der Waals surface area contributed by atoms with Gasteiger partial charge in [0.05, 0.1) is 10.5 Å². The van der Waals surface area contributed by atoms with Crippen LogP contribution in [-0.2, 0) is 19.5 Å². The number of carbonyl (C=O) groups is 1. The molecule has 0 aliphatic rings. The summed E-state index contributed by atoms with van der Waals surface area (Å²) in [5.41, 5.74) is -0.0689. The summed E-state index contributed by atoms with van der Waals surface area (Å²) in [6, 6.07) is 4.70. The van der Waals surface area contributed by atoms with Gasteiger partial charge in [-0.15, -0.1) is 0 Å². The Kier molecular flexibility index (Phi) is 4.21. The molecule has 1 aromatic rings. The van der Waals surface area contributed by atoms with Gasteiger partial charge in [0.25, 0.3) is 5.69 Å². The zero-order valence-electron chi connectivity index (χ0n) is 6.64. The van der Waals surface area contributed by atoms with E-state index in [1.54, 1.807) is 0 Å². The number of nitro benzene ring substituents is 1. The second-order valence-electron chi connectivity index (χ2n) is 2.11. The van der Waals surface area contributed by atoms with Crippen molar-refractivity contribution < 1.29 is 34.3 Å². The minimum atomic E-state index is -1.09. The van der Waals surface area contributed by atoms with Crippen LogP contribution >= 0.6 is 0 Å². The summed E-state index contributed by atoms with van der Waals surface area (Å²) in [7, 11) is 0. The van der Waals surface area contributed by atoms with Crippen LogP contribution in [0.5, 0.6) is 0 Å². The van der Waals surface area contributed by atoms with Crippen molar-refractivity contribution in [1.82, 2.24) is 0 Å². The van der Waals surface area contributed by atoms with Gasteiger partial charge in [0.2, 0.25) is 0 Å². The van der Waals surface area contributed by atoms with Crippen molar-refractivity contribution in [3.8, 4) is 0 Å². The molecule has 0 saturated carbocycles. The Bertz CT molecular complexity index is 289. The molecule has 1 N–H and O–H groups in total. The molecular formula is C7H5NO4Zn+2. The van der Waals surface area contributed by atoms with Gasteiger partial charge in [0.15, 0.2) is 0 Å². The maximum absolute atomic E-state index is 10.3. The zero-order valence-corrected chi connectivity index (χ0v) is 9.60. The predicted octanol–water partition coefficient (Wildman–Crippen LogP) is 1.29.